The van der Waals surface area contributed by atoms with Crippen LogP contribution in [0.3, 0.4) is 0 Å². The van der Waals surface area contributed by atoms with Crippen molar-refractivity contribution in [2.24, 2.45) is 0 Å². The number of hydrogen-bond acceptors (Lipinski definition) is 5. The molecule has 1 aliphatic rings. The van der Waals surface area contributed by atoms with E-state index in [1.165, 1.54) is 11.3 Å². The summed E-state index contributed by atoms with van der Waals surface area (Å²) in [5.41, 5.74) is 6.50. The Kier molecular flexibility index (Phi) is 8.84. The SMILES string of the molecule is CCCc1c(C(=O)N2CCNCC2)cc(-c2nc(-c3ccc(Cl)cc3)cs2)c(=O)n1-c1c(CC)cccc1CC. The van der Waals surface area contributed by atoms with E-state index in [1.807, 2.05) is 39.1 Å². The minimum atomic E-state index is -0.132. The van der Waals surface area contributed by atoms with Crippen LogP contribution in [0.5, 0.6) is 0 Å². The lowest BCUT2D eigenvalue weighted by Crippen LogP contribution is -2.47. The summed E-state index contributed by atoms with van der Waals surface area (Å²) in [5, 5.41) is 6.55. The maximum absolute atomic E-state index is 14.5. The summed E-state index contributed by atoms with van der Waals surface area (Å²) in [6.07, 6.45) is 3.00. The number of amides is 1. The first kappa shape index (κ1) is 28.3. The number of benzene rings is 2. The van der Waals surface area contributed by atoms with Crippen molar-refractivity contribution < 1.29 is 4.79 Å². The van der Waals surface area contributed by atoms with Crippen LogP contribution in [0.15, 0.2) is 58.7 Å². The monoisotopic (exact) mass is 574 g/mol. The van der Waals surface area contributed by atoms with Crippen molar-refractivity contribution in [2.45, 2.75) is 46.5 Å². The molecular weight excluding hydrogens is 540 g/mol. The van der Waals surface area contributed by atoms with Crippen molar-refractivity contribution in [1.82, 2.24) is 19.8 Å². The minimum Gasteiger partial charge on any atom is -0.336 e. The van der Waals surface area contributed by atoms with Crippen LogP contribution in [0.1, 0.15) is 54.4 Å². The van der Waals surface area contributed by atoms with Crippen LogP contribution in [-0.2, 0) is 19.3 Å². The number of aryl methyl sites for hydroxylation is 2. The molecule has 0 radical (unpaired) electrons. The zero-order chi connectivity index (χ0) is 28.2. The summed E-state index contributed by atoms with van der Waals surface area (Å²) < 4.78 is 1.84. The van der Waals surface area contributed by atoms with Gasteiger partial charge >= 0.3 is 0 Å². The number of thiazole rings is 1. The highest BCUT2D eigenvalue weighted by atomic mass is 35.5. The molecule has 40 heavy (non-hydrogen) atoms. The maximum atomic E-state index is 14.5. The number of rotatable bonds is 8. The minimum absolute atomic E-state index is 0.0264. The largest absolute Gasteiger partial charge is 0.336 e. The Bertz CT molecular complexity index is 1550. The number of halogens is 1. The number of carbonyl (C=O) groups excluding carboxylic acids is 1. The maximum Gasteiger partial charge on any atom is 0.265 e. The first-order valence-corrected chi connectivity index (χ1v) is 15.3. The molecule has 5 rings (SSSR count). The first-order chi connectivity index (χ1) is 19.5. The molecule has 0 bridgehead atoms. The van der Waals surface area contributed by atoms with E-state index < -0.39 is 0 Å². The van der Waals surface area contributed by atoms with E-state index in [2.05, 4.69) is 44.3 Å². The van der Waals surface area contributed by atoms with Crippen molar-refractivity contribution in [3.63, 3.8) is 0 Å². The van der Waals surface area contributed by atoms with E-state index in [0.717, 1.165) is 66.1 Å². The van der Waals surface area contributed by atoms with Gasteiger partial charge in [-0.2, -0.15) is 0 Å². The average molecular weight is 575 g/mol. The van der Waals surface area contributed by atoms with E-state index >= 15 is 0 Å². The third-order valence-electron chi connectivity index (χ3n) is 7.49. The van der Waals surface area contributed by atoms with Gasteiger partial charge in [0.15, 0.2) is 0 Å². The quantitative estimate of drug-likeness (QED) is 0.264. The molecule has 4 aromatic rings. The van der Waals surface area contributed by atoms with E-state index in [0.29, 0.717) is 40.7 Å². The van der Waals surface area contributed by atoms with Gasteiger partial charge in [-0.15, -0.1) is 11.3 Å². The van der Waals surface area contributed by atoms with Gasteiger partial charge in [0.05, 0.1) is 22.5 Å². The molecular formula is C32H35ClN4O2S. The number of carbonyl (C=O) groups is 1. The Balaban J connectivity index is 1.78. The predicted octanol–water partition coefficient (Wildman–Crippen LogP) is 6.40. The molecule has 0 saturated carbocycles. The number of nitrogens with zero attached hydrogens (tertiary/aromatic N) is 3. The van der Waals surface area contributed by atoms with Crippen LogP contribution in [-0.4, -0.2) is 46.5 Å². The van der Waals surface area contributed by atoms with Crippen molar-refractivity contribution >= 4 is 28.8 Å². The van der Waals surface area contributed by atoms with Gasteiger partial charge in [0.1, 0.15) is 5.01 Å². The van der Waals surface area contributed by atoms with Crippen LogP contribution in [0.2, 0.25) is 5.02 Å². The van der Waals surface area contributed by atoms with E-state index in [4.69, 9.17) is 16.6 Å². The third kappa shape index (κ3) is 5.51. The van der Waals surface area contributed by atoms with Crippen molar-refractivity contribution in [1.29, 1.82) is 0 Å². The van der Waals surface area contributed by atoms with E-state index in [9.17, 15) is 9.59 Å². The van der Waals surface area contributed by atoms with E-state index in [1.54, 1.807) is 6.07 Å². The molecule has 2 aromatic heterocycles. The molecule has 1 N–H and O–H groups in total. The van der Waals surface area contributed by atoms with Gasteiger partial charge in [-0.1, -0.05) is 69.1 Å². The Labute approximate surface area is 244 Å². The molecule has 0 unspecified atom stereocenters. The van der Waals surface area contributed by atoms with Crippen molar-refractivity contribution in [2.75, 3.05) is 26.2 Å². The molecule has 6 nitrogen and oxygen atoms in total. The molecule has 8 heteroatoms. The highest BCUT2D eigenvalue weighted by Gasteiger charge is 2.27. The Morgan fingerprint density at radius 1 is 1.02 bits per heavy atom. The second-order valence-corrected chi connectivity index (χ2v) is 11.3. The van der Waals surface area contributed by atoms with Crippen LogP contribution >= 0.6 is 22.9 Å². The van der Waals surface area contributed by atoms with Crippen molar-refractivity contribution in [3.8, 4) is 27.5 Å². The summed E-state index contributed by atoms with van der Waals surface area (Å²) in [5.74, 6) is -0.0264. The van der Waals surface area contributed by atoms with E-state index in [-0.39, 0.29) is 11.5 Å². The normalized spacial score (nSPS) is 13.6. The standard InChI is InChI=1S/C32H35ClN4O2S/c1-4-8-28-25(31(38)36-17-15-34-16-18-36)19-26(30-35-27(20-40-30)23-11-13-24(33)14-12-23)32(39)37(28)29-21(5-2)9-7-10-22(29)6-3/h7,9-14,19-20,34H,4-6,8,15-18H2,1-3H3. The van der Waals surface area contributed by atoms with Gasteiger partial charge in [-0.3, -0.25) is 14.2 Å². The number of aromatic nitrogens is 2. The molecule has 0 spiro atoms. The fourth-order valence-corrected chi connectivity index (χ4v) is 6.36. The predicted molar refractivity (Wildman–Crippen MR) is 165 cm³/mol. The third-order valence-corrected chi connectivity index (χ3v) is 8.62. The molecule has 1 aliphatic heterocycles. The van der Waals surface area contributed by atoms with Crippen LogP contribution in [0, 0.1) is 0 Å². The molecule has 3 heterocycles. The first-order valence-electron chi connectivity index (χ1n) is 14.1. The summed E-state index contributed by atoms with van der Waals surface area (Å²) in [7, 11) is 0. The molecule has 208 valence electrons. The van der Waals surface area contributed by atoms with Gasteiger partial charge in [0.25, 0.3) is 11.5 Å². The number of nitrogens with one attached hydrogen (secondary N) is 1. The Morgan fingerprint density at radius 2 is 1.70 bits per heavy atom. The molecule has 0 aliphatic carbocycles. The highest BCUT2D eigenvalue weighted by Crippen LogP contribution is 2.32. The molecule has 1 amide bonds. The highest BCUT2D eigenvalue weighted by molar-refractivity contribution is 7.13. The molecule has 0 atom stereocenters. The lowest BCUT2D eigenvalue weighted by Gasteiger charge is -2.29. The fraction of sp³-hybridized carbons (Fsp3) is 0.344. The molecule has 1 fully saturated rings. The zero-order valence-corrected chi connectivity index (χ0v) is 24.9. The second-order valence-electron chi connectivity index (χ2n) is 10.0. The average Bonchev–Trinajstić information content (AvgIpc) is 3.48. The fourth-order valence-electron chi connectivity index (χ4n) is 5.40. The number of hydrogen-bond donors (Lipinski definition) is 1. The Morgan fingerprint density at radius 3 is 2.33 bits per heavy atom. The molecule has 2 aromatic carbocycles. The van der Waals surface area contributed by atoms with Gasteiger partial charge in [0, 0.05) is 47.8 Å². The smallest absolute Gasteiger partial charge is 0.265 e. The number of para-hydroxylation sites is 1. The van der Waals surface area contributed by atoms with Gasteiger partial charge in [-0.25, -0.2) is 4.98 Å². The van der Waals surface area contributed by atoms with Crippen LogP contribution in [0.4, 0.5) is 0 Å². The van der Waals surface area contributed by atoms with Gasteiger partial charge in [-0.05, 0) is 48.6 Å². The number of piperazine rings is 1. The lowest BCUT2D eigenvalue weighted by atomic mass is 9.99. The Hall–Kier alpha value is -3.26. The summed E-state index contributed by atoms with van der Waals surface area (Å²) >= 11 is 7.52. The number of pyridine rings is 1. The summed E-state index contributed by atoms with van der Waals surface area (Å²) in [6, 6.07) is 15.6. The van der Waals surface area contributed by atoms with Gasteiger partial charge in [0.2, 0.25) is 0 Å². The zero-order valence-electron chi connectivity index (χ0n) is 23.3. The van der Waals surface area contributed by atoms with Gasteiger partial charge < -0.3 is 10.2 Å². The summed E-state index contributed by atoms with van der Waals surface area (Å²) in [4.78, 5) is 35.4. The lowest BCUT2D eigenvalue weighted by molar-refractivity contribution is 0.0733. The molecule has 1 saturated heterocycles. The topological polar surface area (TPSA) is 67.2 Å². The van der Waals surface area contributed by atoms with Crippen LogP contribution in [0.25, 0.3) is 27.5 Å². The summed E-state index contributed by atoms with van der Waals surface area (Å²) in [6.45, 7) is 9.11. The van der Waals surface area contributed by atoms with Crippen molar-refractivity contribution in [3.05, 3.63) is 91.7 Å². The van der Waals surface area contributed by atoms with Crippen LogP contribution < -0.4 is 10.9 Å². The second kappa shape index (κ2) is 12.5.